The number of nitrogens with one attached hydrogen (secondary N) is 1. The molecule has 4 heteroatoms. The monoisotopic (exact) mass is 277 g/mol. The van der Waals surface area contributed by atoms with Crippen LogP contribution in [-0.2, 0) is 11.3 Å². The molecule has 112 valence electrons. The Bertz CT molecular complexity index is 420. The van der Waals surface area contributed by atoms with Crippen LogP contribution in [-0.4, -0.2) is 24.5 Å². The van der Waals surface area contributed by atoms with Crippen LogP contribution in [0, 0.1) is 0 Å². The van der Waals surface area contributed by atoms with Gasteiger partial charge in [-0.1, -0.05) is 19.1 Å². The van der Waals surface area contributed by atoms with Gasteiger partial charge in [-0.3, -0.25) is 4.79 Å². The molecule has 0 atom stereocenters. The van der Waals surface area contributed by atoms with Crippen LogP contribution in [0.25, 0.3) is 0 Å². The van der Waals surface area contributed by atoms with Crippen molar-refractivity contribution in [2.45, 2.75) is 46.2 Å². The number of hydrogen-bond donors (Lipinski definition) is 2. The highest BCUT2D eigenvalue weighted by molar-refractivity contribution is 5.82. The molecule has 0 bridgehead atoms. The van der Waals surface area contributed by atoms with Crippen molar-refractivity contribution in [3.63, 3.8) is 0 Å². The van der Waals surface area contributed by atoms with E-state index in [1.807, 2.05) is 45.0 Å². The molecule has 0 saturated carbocycles. The molecule has 0 spiro atoms. The molecule has 0 aliphatic heterocycles. The van der Waals surface area contributed by atoms with Crippen molar-refractivity contribution in [3.05, 3.63) is 29.8 Å². The normalized spacial score (nSPS) is 11.2. The minimum Gasteiger partial charge on any atom is -0.362 e. The van der Waals surface area contributed by atoms with Gasteiger partial charge >= 0.3 is 0 Å². The Kier molecular flexibility index (Phi) is 6.02. The lowest BCUT2D eigenvalue weighted by atomic mass is 10.1. The molecule has 0 unspecified atom stereocenters. The summed E-state index contributed by atoms with van der Waals surface area (Å²) in [5.74, 6) is 0.0499. The van der Waals surface area contributed by atoms with Crippen LogP contribution in [0.2, 0.25) is 0 Å². The van der Waals surface area contributed by atoms with Crippen molar-refractivity contribution in [2.75, 3.05) is 18.0 Å². The first-order valence-electron chi connectivity index (χ1n) is 7.20. The highest BCUT2D eigenvalue weighted by atomic mass is 16.2. The fourth-order valence-corrected chi connectivity index (χ4v) is 2.04. The molecule has 0 heterocycles. The summed E-state index contributed by atoms with van der Waals surface area (Å²) in [6.45, 7) is 9.87. The molecule has 0 aliphatic carbocycles. The first-order chi connectivity index (χ1) is 9.35. The third kappa shape index (κ3) is 5.61. The molecule has 1 rings (SSSR count). The van der Waals surface area contributed by atoms with Crippen LogP contribution in [0.4, 0.5) is 5.69 Å². The smallest absolute Gasteiger partial charge is 0.239 e. The minimum absolute atomic E-state index is 0.0499. The van der Waals surface area contributed by atoms with Crippen molar-refractivity contribution in [1.82, 2.24) is 5.32 Å². The molecule has 0 aromatic heterocycles. The average Bonchev–Trinajstić information content (AvgIpc) is 2.36. The van der Waals surface area contributed by atoms with Crippen molar-refractivity contribution < 1.29 is 4.79 Å². The topological polar surface area (TPSA) is 58.4 Å². The number of hydrogen-bond acceptors (Lipinski definition) is 3. The molecule has 4 nitrogen and oxygen atoms in total. The van der Waals surface area contributed by atoms with Crippen LogP contribution in [0.3, 0.4) is 0 Å². The van der Waals surface area contributed by atoms with Crippen molar-refractivity contribution in [1.29, 1.82) is 0 Å². The highest BCUT2D eigenvalue weighted by Crippen LogP contribution is 2.15. The van der Waals surface area contributed by atoms with E-state index in [9.17, 15) is 4.79 Å². The van der Waals surface area contributed by atoms with Crippen LogP contribution in [0.1, 0.15) is 39.7 Å². The maximum absolute atomic E-state index is 12.1. The van der Waals surface area contributed by atoms with E-state index in [0.29, 0.717) is 13.1 Å². The molecule has 0 saturated heterocycles. The molecular weight excluding hydrogens is 250 g/mol. The van der Waals surface area contributed by atoms with Gasteiger partial charge in [0.25, 0.3) is 0 Å². The first-order valence-corrected chi connectivity index (χ1v) is 7.20. The predicted octanol–water partition coefficient (Wildman–Crippen LogP) is 2.28. The number of amides is 1. The quantitative estimate of drug-likeness (QED) is 0.838. The molecule has 1 aromatic rings. The second-order valence-corrected chi connectivity index (χ2v) is 6.09. The van der Waals surface area contributed by atoms with Gasteiger partial charge in [0.1, 0.15) is 0 Å². The SMILES string of the molecule is CCCN(CC(=O)NC(C)(C)C)c1ccc(CN)cc1. The van der Waals surface area contributed by atoms with Gasteiger partial charge in [0.05, 0.1) is 6.54 Å². The van der Waals surface area contributed by atoms with E-state index < -0.39 is 0 Å². The highest BCUT2D eigenvalue weighted by Gasteiger charge is 2.16. The molecule has 1 aromatic carbocycles. The van der Waals surface area contributed by atoms with Crippen LogP contribution < -0.4 is 16.0 Å². The lowest BCUT2D eigenvalue weighted by Gasteiger charge is -2.27. The molecule has 20 heavy (non-hydrogen) atoms. The fourth-order valence-electron chi connectivity index (χ4n) is 2.04. The molecule has 3 N–H and O–H groups in total. The number of carbonyl (C=O) groups is 1. The van der Waals surface area contributed by atoms with Gasteiger partial charge in [0, 0.05) is 24.3 Å². The summed E-state index contributed by atoms with van der Waals surface area (Å²) in [5.41, 5.74) is 7.58. The molecule has 0 aliphatic rings. The Balaban J connectivity index is 2.74. The van der Waals surface area contributed by atoms with Crippen LogP contribution in [0.15, 0.2) is 24.3 Å². The number of nitrogens with two attached hydrogens (primary N) is 1. The molecule has 1 amide bonds. The van der Waals surface area contributed by atoms with Gasteiger partial charge in [-0.15, -0.1) is 0 Å². The van der Waals surface area contributed by atoms with Crippen molar-refractivity contribution >= 4 is 11.6 Å². The average molecular weight is 277 g/mol. The van der Waals surface area contributed by atoms with Crippen molar-refractivity contribution in [2.24, 2.45) is 5.73 Å². The summed E-state index contributed by atoms with van der Waals surface area (Å²) in [4.78, 5) is 14.2. The Hall–Kier alpha value is -1.55. The fraction of sp³-hybridized carbons (Fsp3) is 0.562. The van der Waals surface area contributed by atoms with E-state index in [1.165, 1.54) is 0 Å². The van der Waals surface area contributed by atoms with Crippen LogP contribution >= 0.6 is 0 Å². The minimum atomic E-state index is -0.196. The van der Waals surface area contributed by atoms with E-state index in [1.54, 1.807) is 0 Å². The standard InChI is InChI=1S/C16H27N3O/c1-5-10-19(12-15(20)18-16(2,3)4)14-8-6-13(11-17)7-9-14/h6-9H,5,10-12,17H2,1-4H3,(H,18,20). The van der Waals surface area contributed by atoms with Gasteiger partial charge in [-0.25, -0.2) is 0 Å². The number of nitrogens with zero attached hydrogens (tertiary/aromatic N) is 1. The van der Waals surface area contributed by atoms with Gasteiger partial charge in [-0.2, -0.15) is 0 Å². The maximum Gasteiger partial charge on any atom is 0.239 e. The third-order valence-corrected chi connectivity index (χ3v) is 2.88. The second kappa shape index (κ2) is 7.29. The zero-order valence-corrected chi connectivity index (χ0v) is 13.1. The van der Waals surface area contributed by atoms with Crippen LogP contribution in [0.5, 0.6) is 0 Å². The summed E-state index contributed by atoms with van der Waals surface area (Å²) in [7, 11) is 0. The zero-order chi connectivity index (χ0) is 15.2. The lowest BCUT2D eigenvalue weighted by molar-refractivity contribution is -0.121. The largest absolute Gasteiger partial charge is 0.362 e. The summed E-state index contributed by atoms with van der Waals surface area (Å²) >= 11 is 0. The Morgan fingerprint density at radius 1 is 1.25 bits per heavy atom. The van der Waals surface area contributed by atoms with Gasteiger partial charge in [-0.05, 0) is 44.9 Å². The number of rotatable bonds is 6. The number of benzene rings is 1. The van der Waals surface area contributed by atoms with E-state index in [-0.39, 0.29) is 11.4 Å². The summed E-state index contributed by atoms with van der Waals surface area (Å²) in [6.07, 6.45) is 1.00. The van der Waals surface area contributed by atoms with E-state index in [0.717, 1.165) is 24.2 Å². The number of carbonyl (C=O) groups excluding carboxylic acids is 1. The number of anilines is 1. The summed E-state index contributed by atoms with van der Waals surface area (Å²) < 4.78 is 0. The second-order valence-electron chi connectivity index (χ2n) is 6.09. The predicted molar refractivity (Wildman–Crippen MR) is 84.7 cm³/mol. The van der Waals surface area contributed by atoms with E-state index in [4.69, 9.17) is 5.73 Å². The Labute approximate surface area is 122 Å². The van der Waals surface area contributed by atoms with Gasteiger partial charge in [0.15, 0.2) is 0 Å². The molecular formula is C16H27N3O. The summed E-state index contributed by atoms with van der Waals surface area (Å²) in [5, 5.41) is 3.00. The van der Waals surface area contributed by atoms with Gasteiger partial charge in [0.2, 0.25) is 5.91 Å². The Morgan fingerprint density at radius 3 is 2.30 bits per heavy atom. The maximum atomic E-state index is 12.1. The van der Waals surface area contributed by atoms with Gasteiger partial charge < -0.3 is 16.0 Å². The van der Waals surface area contributed by atoms with E-state index in [2.05, 4.69) is 17.1 Å². The Morgan fingerprint density at radius 2 is 1.85 bits per heavy atom. The molecule has 0 radical (unpaired) electrons. The lowest BCUT2D eigenvalue weighted by Crippen LogP contribution is -2.46. The third-order valence-electron chi connectivity index (χ3n) is 2.88. The van der Waals surface area contributed by atoms with Crippen molar-refractivity contribution in [3.8, 4) is 0 Å². The summed E-state index contributed by atoms with van der Waals surface area (Å²) in [6, 6.07) is 8.09. The van der Waals surface area contributed by atoms with E-state index >= 15 is 0 Å². The first kappa shape index (κ1) is 16.5. The molecule has 0 fully saturated rings. The zero-order valence-electron chi connectivity index (χ0n) is 13.1.